The van der Waals surface area contributed by atoms with Crippen LogP contribution in [0.5, 0.6) is 0 Å². The third-order valence-electron chi connectivity index (χ3n) is 8.30. The first-order valence-electron chi connectivity index (χ1n) is 16.9. The minimum absolute atomic E-state index is 0.381. The molecular formula is C32H57Br3S6. The molecule has 0 aromatic rings. The Balaban J connectivity index is 1.73. The lowest BCUT2D eigenvalue weighted by molar-refractivity contribution is 0.595. The van der Waals surface area contributed by atoms with Gasteiger partial charge in [-0.15, -0.1) is 70.6 Å². The van der Waals surface area contributed by atoms with Gasteiger partial charge < -0.3 is 0 Å². The fraction of sp³-hybridized carbons (Fsp3) is 1.00. The number of hydrogen-bond donors (Lipinski definition) is 0. The highest BCUT2D eigenvalue weighted by Crippen LogP contribution is 2.91. The van der Waals surface area contributed by atoms with E-state index in [1.165, 1.54) is 170 Å². The highest BCUT2D eigenvalue weighted by atomic mass is 79.9. The van der Waals surface area contributed by atoms with E-state index >= 15 is 0 Å². The minimum atomic E-state index is 0.381. The van der Waals surface area contributed by atoms with Crippen LogP contribution in [0.1, 0.15) is 161 Å². The Morgan fingerprint density at radius 2 is 0.537 bits per heavy atom. The summed E-state index contributed by atoms with van der Waals surface area (Å²) < 4.78 is 1.53. The summed E-state index contributed by atoms with van der Waals surface area (Å²) in [4.78, 5) is 0. The normalized spacial score (nSPS) is 30.4. The van der Waals surface area contributed by atoms with E-state index in [1.807, 2.05) is 0 Å². The van der Waals surface area contributed by atoms with E-state index < -0.39 is 0 Å². The molecule has 4 aliphatic rings. The van der Waals surface area contributed by atoms with Crippen LogP contribution in [0.15, 0.2) is 0 Å². The molecule has 9 heteroatoms. The summed E-state index contributed by atoms with van der Waals surface area (Å²) in [5.74, 6) is 0. The quantitative estimate of drug-likeness (QED) is 0.0591. The molecule has 4 fully saturated rings. The molecule has 4 heterocycles. The maximum Gasteiger partial charge on any atom is 0.113 e. The van der Waals surface area contributed by atoms with E-state index in [0.717, 1.165) is 0 Å². The first-order valence-corrected chi connectivity index (χ1v) is 25.1. The highest BCUT2D eigenvalue weighted by Gasteiger charge is 2.71. The molecule has 0 aliphatic carbocycles. The Bertz CT molecular complexity index is 612. The summed E-state index contributed by atoms with van der Waals surface area (Å²) in [5.41, 5.74) is 0. The molecule has 4 rings (SSSR count). The predicted octanol–water partition coefficient (Wildman–Crippen LogP) is 15.6. The third kappa shape index (κ3) is 13.5. The predicted molar refractivity (Wildman–Crippen MR) is 214 cm³/mol. The van der Waals surface area contributed by atoms with Gasteiger partial charge in [0.05, 0.1) is 0 Å². The number of hydrogen-bond acceptors (Lipinski definition) is 6. The van der Waals surface area contributed by atoms with Crippen molar-refractivity contribution in [2.24, 2.45) is 0 Å². The van der Waals surface area contributed by atoms with Crippen LogP contribution in [0, 0.1) is 0 Å². The zero-order valence-electron chi connectivity index (χ0n) is 25.7. The molecule has 4 saturated heterocycles. The monoisotopic (exact) mass is 870 g/mol. The van der Waals surface area contributed by atoms with Gasteiger partial charge in [-0.25, -0.2) is 0 Å². The Hall–Kier alpha value is 3.54. The summed E-state index contributed by atoms with van der Waals surface area (Å²) in [6.07, 6.45) is 33.8. The second-order valence-corrected chi connectivity index (χ2v) is 27.2. The van der Waals surface area contributed by atoms with Crippen molar-refractivity contribution in [2.75, 3.05) is 16.0 Å². The molecule has 0 saturated carbocycles. The van der Waals surface area contributed by atoms with E-state index in [0.29, 0.717) is 13.6 Å². The molecule has 4 aliphatic heterocycles. The zero-order chi connectivity index (χ0) is 29.3. The minimum Gasteiger partial charge on any atom is -0.104 e. The number of thioether (sulfide) groups is 6. The van der Waals surface area contributed by atoms with Crippen molar-refractivity contribution in [3.8, 4) is 0 Å². The van der Waals surface area contributed by atoms with Gasteiger partial charge in [-0.2, -0.15) is 0 Å². The van der Waals surface area contributed by atoms with Gasteiger partial charge >= 0.3 is 0 Å². The van der Waals surface area contributed by atoms with Crippen LogP contribution in [0.4, 0.5) is 0 Å². The average Bonchev–Trinajstić information content (AvgIpc) is 2.93. The maximum atomic E-state index is 3.63. The number of halogens is 3. The van der Waals surface area contributed by atoms with Crippen LogP contribution in [0.2, 0.25) is 0 Å². The Kier molecular flexibility index (Phi) is 20.4. The number of unbranched alkanes of at least 4 members (excludes halogenated alkanes) is 16. The molecule has 0 unspecified atom stereocenters. The van der Waals surface area contributed by atoms with E-state index in [2.05, 4.69) is 125 Å². The molecule has 242 valence electrons. The van der Waals surface area contributed by atoms with E-state index in [1.54, 1.807) is 0 Å². The lowest BCUT2D eigenvalue weighted by Gasteiger charge is -2.67. The number of rotatable bonds is 27. The van der Waals surface area contributed by atoms with Gasteiger partial charge in [0, 0.05) is 16.0 Å². The lowest BCUT2D eigenvalue weighted by atomic mass is 10.1. The molecule has 0 amide bonds. The summed E-state index contributed by atoms with van der Waals surface area (Å²) in [7, 11) is 0. The highest BCUT2D eigenvalue weighted by molar-refractivity contribution is 9.09. The summed E-state index contributed by atoms with van der Waals surface area (Å²) >= 11 is 25.6. The second-order valence-electron chi connectivity index (χ2n) is 12.1. The van der Waals surface area contributed by atoms with Gasteiger partial charge in [0.1, 0.15) is 13.6 Å². The van der Waals surface area contributed by atoms with Crippen LogP contribution in [0.25, 0.3) is 0 Å². The van der Waals surface area contributed by atoms with E-state index in [-0.39, 0.29) is 0 Å². The van der Waals surface area contributed by atoms with Crippen LogP contribution in [-0.4, -0.2) is 29.6 Å². The van der Waals surface area contributed by atoms with Gasteiger partial charge in [0.25, 0.3) is 0 Å². The molecule has 0 aromatic heterocycles. The first kappa shape index (κ1) is 39.0. The van der Waals surface area contributed by atoms with Crippen molar-refractivity contribution < 1.29 is 0 Å². The van der Waals surface area contributed by atoms with Crippen LogP contribution in [-0.2, 0) is 0 Å². The third-order valence-corrected chi connectivity index (χ3v) is 22.2. The molecule has 0 nitrogen and oxygen atoms in total. The average molecular weight is 874 g/mol. The summed E-state index contributed by atoms with van der Waals surface area (Å²) in [6.45, 7) is 2.35. The maximum absolute atomic E-state index is 3.63. The van der Waals surface area contributed by atoms with Crippen molar-refractivity contribution in [2.45, 2.75) is 175 Å². The molecule has 0 N–H and O–H groups in total. The Labute approximate surface area is 305 Å². The summed E-state index contributed by atoms with van der Waals surface area (Å²) in [5, 5.41) is 3.51. The van der Waals surface area contributed by atoms with Crippen molar-refractivity contribution in [1.29, 1.82) is 0 Å². The van der Waals surface area contributed by atoms with Gasteiger partial charge in [-0.3, -0.25) is 0 Å². The lowest BCUT2D eigenvalue weighted by Crippen LogP contribution is -2.53. The van der Waals surface area contributed by atoms with Crippen molar-refractivity contribution >= 4 is 118 Å². The Morgan fingerprint density at radius 1 is 0.317 bits per heavy atom. The molecular weight excluding hydrogens is 816 g/mol. The van der Waals surface area contributed by atoms with E-state index in [4.69, 9.17) is 0 Å². The van der Waals surface area contributed by atoms with Crippen LogP contribution >= 0.6 is 118 Å². The van der Waals surface area contributed by atoms with Crippen LogP contribution < -0.4 is 0 Å². The largest absolute Gasteiger partial charge is 0.113 e. The fourth-order valence-electron chi connectivity index (χ4n) is 6.13. The standard InChI is InChI=1S/C32H57Br3S6/c1-2-3-4-8-15-22-29-36-30(23-16-9-5-12-19-26-33)39-31(37-29,24-17-10-6-13-20-27-34)41-32(38-29,40-30)25-18-11-7-14-21-28-35/h2-28H2,1H3. The molecule has 41 heavy (non-hydrogen) atoms. The fourth-order valence-corrected chi connectivity index (χ4v) is 29.2. The van der Waals surface area contributed by atoms with Gasteiger partial charge in [0.15, 0.2) is 0 Å². The van der Waals surface area contributed by atoms with Gasteiger partial charge in [-0.1, -0.05) is 164 Å². The molecule has 4 bridgehead atoms. The summed E-state index contributed by atoms with van der Waals surface area (Å²) in [6, 6.07) is 0. The molecule has 0 aromatic carbocycles. The SMILES string of the molecule is CCCCCCCC12SC3(CCCCCCCBr)SC(CCCCCCCBr)(S1)SC(CCCCCCCBr)(S2)S3. The second kappa shape index (κ2) is 21.5. The van der Waals surface area contributed by atoms with Gasteiger partial charge in [0.2, 0.25) is 0 Å². The first-order chi connectivity index (χ1) is 20.0. The molecule has 0 atom stereocenters. The molecule has 0 spiro atoms. The van der Waals surface area contributed by atoms with E-state index in [9.17, 15) is 0 Å². The van der Waals surface area contributed by atoms with Crippen molar-refractivity contribution in [3.63, 3.8) is 0 Å². The Morgan fingerprint density at radius 3 is 0.780 bits per heavy atom. The number of alkyl halides is 3. The van der Waals surface area contributed by atoms with Crippen LogP contribution in [0.3, 0.4) is 0 Å². The zero-order valence-corrected chi connectivity index (χ0v) is 35.3. The van der Waals surface area contributed by atoms with Crippen molar-refractivity contribution in [1.82, 2.24) is 0 Å². The van der Waals surface area contributed by atoms with Crippen molar-refractivity contribution in [3.05, 3.63) is 0 Å². The smallest absolute Gasteiger partial charge is 0.104 e. The topological polar surface area (TPSA) is 0 Å². The molecule has 0 radical (unpaired) electrons. The van der Waals surface area contributed by atoms with Gasteiger partial charge in [-0.05, 0) is 44.9 Å².